The molecule has 4 heteroatoms. The summed E-state index contributed by atoms with van der Waals surface area (Å²) in [5, 5.41) is 0.668. The Balaban J connectivity index is 2.05. The van der Waals surface area contributed by atoms with E-state index in [1.54, 1.807) is 0 Å². The smallest absolute Gasteiger partial charge is 0.307 e. The molecule has 0 amide bonds. The van der Waals surface area contributed by atoms with Gasteiger partial charge in [-0.25, -0.2) is 0 Å². The van der Waals surface area contributed by atoms with Crippen molar-refractivity contribution in [3.05, 3.63) is 0 Å². The van der Waals surface area contributed by atoms with Crippen molar-refractivity contribution < 1.29 is 9.53 Å². The number of esters is 1. The quantitative estimate of drug-likeness (QED) is 0.735. The van der Waals surface area contributed by atoms with Gasteiger partial charge in [0.25, 0.3) is 0 Å². The minimum atomic E-state index is -0.0160. The summed E-state index contributed by atoms with van der Waals surface area (Å²) >= 11 is 2.01. The molecule has 0 spiro atoms. The highest BCUT2D eigenvalue weighted by atomic mass is 32.2. The topological polar surface area (TPSA) is 29.5 Å². The summed E-state index contributed by atoms with van der Waals surface area (Å²) < 4.78 is 5.18. The fourth-order valence-corrected chi connectivity index (χ4v) is 4.68. The van der Waals surface area contributed by atoms with Crippen molar-refractivity contribution in [1.29, 1.82) is 0 Å². The lowest BCUT2D eigenvalue weighted by Gasteiger charge is -2.42. The average Bonchev–Trinajstić information content (AvgIpc) is 2.73. The predicted octanol–water partition coefficient (Wildman–Crippen LogP) is 2.69. The molecule has 0 aromatic carbocycles. The third-order valence-corrected chi connectivity index (χ3v) is 5.55. The van der Waals surface area contributed by atoms with Crippen molar-refractivity contribution in [2.75, 3.05) is 25.4 Å². The average molecular weight is 271 g/mol. The molecule has 2 aliphatic rings. The van der Waals surface area contributed by atoms with E-state index in [4.69, 9.17) is 4.74 Å². The van der Waals surface area contributed by atoms with E-state index in [2.05, 4.69) is 11.8 Å². The van der Waals surface area contributed by atoms with E-state index in [-0.39, 0.29) is 11.5 Å². The highest BCUT2D eigenvalue weighted by molar-refractivity contribution is 8.00. The minimum absolute atomic E-state index is 0.0160. The Kier molecular flexibility index (Phi) is 4.96. The van der Waals surface area contributed by atoms with Crippen molar-refractivity contribution in [2.24, 2.45) is 0 Å². The van der Waals surface area contributed by atoms with Crippen LogP contribution in [0.15, 0.2) is 0 Å². The Morgan fingerprint density at radius 3 is 2.67 bits per heavy atom. The number of likely N-dealkylation sites (tertiary alicyclic amines) is 1. The Morgan fingerprint density at radius 2 is 2.11 bits per heavy atom. The molecule has 0 aromatic heterocycles. The second kappa shape index (κ2) is 6.29. The summed E-state index contributed by atoms with van der Waals surface area (Å²) in [4.78, 5) is 14.5. The van der Waals surface area contributed by atoms with Crippen molar-refractivity contribution in [1.82, 2.24) is 4.90 Å². The summed E-state index contributed by atoms with van der Waals surface area (Å²) in [5.41, 5.74) is 0.0801. The summed E-state index contributed by atoms with van der Waals surface area (Å²) in [5.74, 6) is 1.07. The monoisotopic (exact) mass is 271 g/mol. The SMILES string of the molecule is CCOC(=O)CC1(N2CCCCC2)CSC(C)C1. The van der Waals surface area contributed by atoms with E-state index >= 15 is 0 Å². The molecule has 0 radical (unpaired) electrons. The number of thioether (sulfide) groups is 1. The highest BCUT2D eigenvalue weighted by Gasteiger charge is 2.44. The molecule has 18 heavy (non-hydrogen) atoms. The van der Waals surface area contributed by atoms with Gasteiger partial charge in [-0.2, -0.15) is 11.8 Å². The van der Waals surface area contributed by atoms with Gasteiger partial charge in [-0.05, 0) is 39.3 Å². The number of hydrogen-bond donors (Lipinski definition) is 0. The van der Waals surface area contributed by atoms with Crippen molar-refractivity contribution in [2.45, 2.75) is 56.7 Å². The molecule has 2 rings (SSSR count). The first kappa shape index (κ1) is 14.2. The fraction of sp³-hybridized carbons (Fsp3) is 0.929. The van der Waals surface area contributed by atoms with E-state index in [0.717, 1.165) is 25.3 Å². The van der Waals surface area contributed by atoms with E-state index in [1.807, 2.05) is 18.7 Å². The van der Waals surface area contributed by atoms with Crippen LogP contribution in [-0.4, -0.2) is 47.1 Å². The van der Waals surface area contributed by atoms with Crippen molar-refractivity contribution >= 4 is 17.7 Å². The molecule has 3 nitrogen and oxygen atoms in total. The van der Waals surface area contributed by atoms with Gasteiger partial charge in [-0.15, -0.1) is 0 Å². The van der Waals surface area contributed by atoms with Crippen LogP contribution in [-0.2, 0) is 9.53 Å². The number of carbonyl (C=O) groups excluding carboxylic acids is 1. The molecule has 2 fully saturated rings. The van der Waals surface area contributed by atoms with Gasteiger partial charge in [0, 0.05) is 16.5 Å². The molecule has 2 heterocycles. The molecule has 2 aliphatic heterocycles. The van der Waals surface area contributed by atoms with E-state index in [0.29, 0.717) is 18.3 Å². The van der Waals surface area contributed by atoms with Gasteiger partial charge in [0.1, 0.15) is 0 Å². The van der Waals surface area contributed by atoms with Crippen LogP contribution in [0.25, 0.3) is 0 Å². The highest BCUT2D eigenvalue weighted by Crippen LogP contribution is 2.42. The maximum Gasteiger partial charge on any atom is 0.307 e. The molecule has 104 valence electrons. The van der Waals surface area contributed by atoms with Crippen molar-refractivity contribution in [3.8, 4) is 0 Å². The first-order chi connectivity index (χ1) is 8.66. The summed E-state index contributed by atoms with van der Waals surface area (Å²) in [7, 11) is 0. The molecule has 0 aromatic rings. The molecule has 0 saturated carbocycles. The van der Waals surface area contributed by atoms with Gasteiger partial charge in [0.15, 0.2) is 0 Å². The van der Waals surface area contributed by atoms with Crippen LogP contribution < -0.4 is 0 Å². The van der Waals surface area contributed by atoms with Gasteiger partial charge < -0.3 is 4.74 Å². The lowest BCUT2D eigenvalue weighted by Crippen LogP contribution is -2.52. The van der Waals surface area contributed by atoms with Gasteiger partial charge in [0.05, 0.1) is 13.0 Å². The predicted molar refractivity (Wildman–Crippen MR) is 75.9 cm³/mol. The van der Waals surface area contributed by atoms with Gasteiger partial charge in [-0.1, -0.05) is 13.3 Å². The van der Waals surface area contributed by atoms with Crippen LogP contribution in [0.2, 0.25) is 0 Å². The van der Waals surface area contributed by atoms with Gasteiger partial charge in [-0.3, -0.25) is 9.69 Å². The molecule has 2 saturated heterocycles. The van der Waals surface area contributed by atoms with Crippen LogP contribution in [0.3, 0.4) is 0 Å². The maximum absolute atomic E-state index is 11.9. The Morgan fingerprint density at radius 1 is 1.39 bits per heavy atom. The Bertz CT molecular complexity index is 292. The maximum atomic E-state index is 11.9. The molecule has 0 N–H and O–H groups in total. The number of carbonyl (C=O) groups is 1. The molecule has 0 aliphatic carbocycles. The van der Waals surface area contributed by atoms with Crippen LogP contribution >= 0.6 is 11.8 Å². The number of rotatable bonds is 4. The molecule has 2 atom stereocenters. The molecule has 2 unspecified atom stereocenters. The standard InChI is InChI=1S/C14H25NO2S/c1-3-17-13(16)10-14(9-12(2)18-11-14)15-7-5-4-6-8-15/h12H,3-11H2,1-2H3. The van der Waals surface area contributed by atoms with E-state index in [9.17, 15) is 4.79 Å². The lowest BCUT2D eigenvalue weighted by molar-refractivity contribution is -0.146. The van der Waals surface area contributed by atoms with Gasteiger partial charge in [0.2, 0.25) is 0 Å². The van der Waals surface area contributed by atoms with Crippen LogP contribution in [0.5, 0.6) is 0 Å². The molecular formula is C14H25NO2S. The second-order valence-electron chi connectivity index (χ2n) is 5.58. The zero-order chi connectivity index (χ0) is 13.0. The minimum Gasteiger partial charge on any atom is -0.466 e. The van der Waals surface area contributed by atoms with Gasteiger partial charge >= 0.3 is 5.97 Å². The summed E-state index contributed by atoms with van der Waals surface area (Å²) in [6.45, 7) is 6.98. The third kappa shape index (κ3) is 3.21. The fourth-order valence-electron chi connectivity index (χ4n) is 3.25. The normalized spacial score (nSPS) is 33.6. The molecule has 0 bridgehead atoms. The first-order valence-electron chi connectivity index (χ1n) is 7.18. The largest absolute Gasteiger partial charge is 0.466 e. The third-order valence-electron chi connectivity index (χ3n) is 4.11. The number of nitrogens with zero attached hydrogens (tertiary/aromatic N) is 1. The summed E-state index contributed by atoms with van der Waals surface area (Å²) in [6.07, 6.45) is 5.62. The Labute approximate surface area is 115 Å². The summed E-state index contributed by atoms with van der Waals surface area (Å²) in [6, 6.07) is 0. The van der Waals surface area contributed by atoms with Crippen LogP contribution in [0.1, 0.15) is 46.0 Å². The number of ether oxygens (including phenoxy) is 1. The molecular weight excluding hydrogens is 246 g/mol. The van der Waals surface area contributed by atoms with Crippen LogP contribution in [0, 0.1) is 0 Å². The van der Waals surface area contributed by atoms with E-state index < -0.39 is 0 Å². The van der Waals surface area contributed by atoms with Crippen molar-refractivity contribution in [3.63, 3.8) is 0 Å². The zero-order valence-corrected chi connectivity index (χ0v) is 12.4. The Hall–Kier alpha value is -0.220. The van der Waals surface area contributed by atoms with Crippen LogP contribution in [0.4, 0.5) is 0 Å². The zero-order valence-electron chi connectivity index (χ0n) is 11.6. The number of piperidine rings is 1. The van der Waals surface area contributed by atoms with E-state index in [1.165, 1.54) is 19.3 Å². The second-order valence-corrected chi connectivity index (χ2v) is 7.01. The first-order valence-corrected chi connectivity index (χ1v) is 8.23. The number of hydrogen-bond acceptors (Lipinski definition) is 4. The lowest BCUT2D eigenvalue weighted by atomic mass is 9.88.